The Hall–Kier alpha value is -3.53. The molecule has 2 atom stereocenters. The summed E-state index contributed by atoms with van der Waals surface area (Å²) >= 11 is 1.64. The minimum atomic E-state index is -0.386. The molecule has 2 N–H and O–H groups in total. The van der Waals surface area contributed by atoms with E-state index >= 15 is 0 Å². The highest BCUT2D eigenvalue weighted by Crippen LogP contribution is 2.47. The molecule has 4 amide bonds. The number of hydrogen-bond donors (Lipinski definition) is 2. The first-order valence-electron chi connectivity index (χ1n) is 16.3. The zero-order valence-corrected chi connectivity index (χ0v) is 26.3. The zero-order chi connectivity index (χ0) is 30.2. The first-order chi connectivity index (χ1) is 21.4. The lowest BCUT2D eigenvalue weighted by Crippen LogP contribution is -2.50. The average molecular weight is 615 g/mol. The Labute approximate surface area is 263 Å². The van der Waals surface area contributed by atoms with Crippen molar-refractivity contribution in [2.24, 2.45) is 5.92 Å². The quantitative estimate of drug-likeness (QED) is 0.362. The smallest absolute Gasteiger partial charge is 0.322 e. The second-order valence-electron chi connectivity index (χ2n) is 13.0. The second-order valence-corrected chi connectivity index (χ2v) is 14.3. The Morgan fingerprint density at radius 3 is 2.64 bits per heavy atom. The van der Waals surface area contributed by atoms with Crippen LogP contribution in [0.15, 0.2) is 42.6 Å². The predicted octanol–water partition coefficient (Wildman–Crippen LogP) is 5.87. The van der Waals surface area contributed by atoms with Crippen molar-refractivity contribution in [1.29, 1.82) is 0 Å². The molecule has 0 radical (unpaired) electrons. The van der Waals surface area contributed by atoms with Crippen LogP contribution in [-0.2, 0) is 16.0 Å². The fourth-order valence-electron chi connectivity index (χ4n) is 7.63. The molecule has 44 heavy (non-hydrogen) atoms. The summed E-state index contributed by atoms with van der Waals surface area (Å²) in [5.74, 6) is 0.662. The lowest BCUT2D eigenvalue weighted by molar-refractivity contribution is -0.137. The fraction of sp³-hybridized carbons (Fsp3) is 0.529. The highest BCUT2D eigenvalue weighted by molar-refractivity contribution is 8.01. The summed E-state index contributed by atoms with van der Waals surface area (Å²) in [6.07, 6.45) is 10.5. The maximum absolute atomic E-state index is 14.0. The van der Waals surface area contributed by atoms with Crippen LogP contribution in [0.1, 0.15) is 73.4 Å². The molecule has 7 rings (SSSR count). The van der Waals surface area contributed by atoms with Crippen molar-refractivity contribution in [2.75, 3.05) is 31.5 Å². The molecule has 232 valence electrons. The first kappa shape index (κ1) is 29.2. The van der Waals surface area contributed by atoms with E-state index in [1.54, 1.807) is 11.8 Å². The Kier molecular flexibility index (Phi) is 8.27. The van der Waals surface area contributed by atoms with E-state index in [1.807, 2.05) is 34.2 Å². The fourth-order valence-corrected chi connectivity index (χ4v) is 9.17. The van der Waals surface area contributed by atoms with Gasteiger partial charge < -0.3 is 20.0 Å². The van der Waals surface area contributed by atoms with E-state index in [0.717, 1.165) is 59.1 Å². The van der Waals surface area contributed by atoms with E-state index in [2.05, 4.69) is 45.5 Å². The van der Waals surface area contributed by atoms with Crippen molar-refractivity contribution in [3.63, 3.8) is 0 Å². The molecule has 3 aliphatic heterocycles. The molecule has 2 unspecified atom stereocenters. The van der Waals surface area contributed by atoms with Crippen LogP contribution in [0.2, 0.25) is 0 Å². The van der Waals surface area contributed by atoms with E-state index in [4.69, 9.17) is 0 Å². The van der Waals surface area contributed by atoms with Crippen LogP contribution in [0, 0.1) is 12.8 Å². The standard InChI is InChI=1S/C34H42N6O3S/c1-22-17-29-25(20-35-37-29)18-27(22)33-40(21-23-7-3-2-4-8-23)32(42)30(44-33)19-31(41)38-14-12-26(13-15-38)39-16-11-24-9-5-6-10-28(24)36-34(39)43/h5-6,9-10,17-18,20,23,26,30,33H,2-4,7-8,11-16,19,21H2,1H3,(H,35,37)(H,36,43). The van der Waals surface area contributed by atoms with Crippen LogP contribution < -0.4 is 5.32 Å². The van der Waals surface area contributed by atoms with Crippen molar-refractivity contribution >= 4 is 46.2 Å². The summed E-state index contributed by atoms with van der Waals surface area (Å²) in [5.41, 5.74) is 5.32. The number of amides is 4. The Bertz CT molecular complexity index is 1540. The summed E-state index contributed by atoms with van der Waals surface area (Å²) in [5, 5.41) is 10.9. The molecule has 10 heteroatoms. The number of urea groups is 1. The summed E-state index contributed by atoms with van der Waals surface area (Å²) in [4.78, 5) is 46.6. The Balaban J connectivity index is 1.01. The number of carbonyl (C=O) groups excluding carboxylic acids is 3. The van der Waals surface area contributed by atoms with Crippen LogP contribution in [0.25, 0.3) is 10.9 Å². The number of para-hydroxylation sites is 1. The molecular formula is C34H42N6O3S. The van der Waals surface area contributed by atoms with Gasteiger partial charge >= 0.3 is 6.03 Å². The number of piperidine rings is 1. The summed E-state index contributed by atoms with van der Waals surface area (Å²) in [6.45, 7) is 4.76. The number of nitrogens with one attached hydrogen (secondary N) is 2. The van der Waals surface area contributed by atoms with Gasteiger partial charge in [-0.3, -0.25) is 14.7 Å². The maximum atomic E-state index is 14.0. The van der Waals surface area contributed by atoms with E-state index in [0.29, 0.717) is 25.6 Å². The Morgan fingerprint density at radius 2 is 1.82 bits per heavy atom. The number of H-pyrrole nitrogens is 1. The van der Waals surface area contributed by atoms with Gasteiger partial charge in [0, 0.05) is 49.7 Å². The first-order valence-corrected chi connectivity index (χ1v) is 17.2. The lowest BCUT2D eigenvalue weighted by Gasteiger charge is -2.38. The molecule has 9 nitrogen and oxygen atoms in total. The predicted molar refractivity (Wildman–Crippen MR) is 173 cm³/mol. The van der Waals surface area contributed by atoms with Gasteiger partial charge in [-0.05, 0) is 79.8 Å². The number of aromatic nitrogens is 2. The number of benzene rings is 2. The van der Waals surface area contributed by atoms with E-state index in [9.17, 15) is 14.4 Å². The van der Waals surface area contributed by atoms with Gasteiger partial charge in [0.15, 0.2) is 0 Å². The number of likely N-dealkylation sites (tertiary alicyclic amines) is 1. The number of fused-ring (bicyclic) bond motifs is 2. The molecule has 1 saturated carbocycles. The molecule has 1 aromatic heterocycles. The van der Waals surface area contributed by atoms with Crippen molar-refractivity contribution in [3.8, 4) is 0 Å². The highest BCUT2D eigenvalue weighted by Gasteiger charge is 2.44. The third-order valence-electron chi connectivity index (χ3n) is 10.2. The molecule has 0 bridgehead atoms. The van der Waals surface area contributed by atoms with Crippen LogP contribution in [0.4, 0.5) is 10.5 Å². The molecule has 0 spiro atoms. The molecule has 3 aromatic rings. The minimum absolute atomic E-state index is 0.0438. The number of thioether (sulfide) groups is 1. The van der Waals surface area contributed by atoms with Gasteiger partial charge in [-0.1, -0.05) is 37.5 Å². The normalized spacial score (nSPS) is 23.6. The molecule has 2 saturated heterocycles. The van der Waals surface area contributed by atoms with Crippen LogP contribution in [0.5, 0.6) is 0 Å². The number of rotatable bonds is 6. The molecule has 2 aromatic carbocycles. The average Bonchev–Trinajstić information content (AvgIpc) is 3.56. The molecular weight excluding hydrogens is 572 g/mol. The third kappa shape index (κ3) is 5.80. The molecule has 1 aliphatic carbocycles. The summed E-state index contributed by atoms with van der Waals surface area (Å²) in [7, 11) is 0. The van der Waals surface area contributed by atoms with Crippen molar-refractivity contribution in [3.05, 3.63) is 59.3 Å². The maximum Gasteiger partial charge on any atom is 0.322 e. The van der Waals surface area contributed by atoms with E-state index < -0.39 is 0 Å². The zero-order valence-electron chi connectivity index (χ0n) is 25.5. The summed E-state index contributed by atoms with van der Waals surface area (Å²) < 4.78 is 0. The number of carbonyl (C=O) groups is 3. The van der Waals surface area contributed by atoms with E-state index in [-0.39, 0.29) is 40.9 Å². The van der Waals surface area contributed by atoms with E-state index in [1.165, 1.54) is 32.1 Å². The third-order valence-corrected chi connectivity index (χ3v) is 11.6. The number of aromatic amines is 1. The van der Waals surface area contributed by atoms with Gasteiger partial charge in [0.25, 0.3) is 0 Å². The van der Waals surface area contributed by atoms with Crippen LogP contribution in [0.3, 0.4) is 0 Å². The number of aryl methyl sites for hydroxylation is 1. The number of nitrogens with zero attached hydrogens (tertiary/aromatic N) is 4. The topological polar surface area (TPSA) is 102 Å². The highest BCUT2D eigenvalue weighted by atomic mass is 32.2. The number of hydrogen-bond acceptors (Lipinski definition) is 5. The van der Waals surface area contributed by atoms with Gasteiger partial charge in [-0.2, -0.15) is 5.10 Å². The minimum Gasteiger partial charge on any atom is -0.342 e. The molecule has 4 aliphatic rings. The van der Waals surface area contributed by atoms with Gasteiger partial charge in [0.1, 0.15) is 5.37 Å². The monoisotopic (exact) mass is 614 g/mol. The van der Waals surface area contributed by atoms with Gasteiger partial charge in [-0.25, -0.2) is 4.79 Å². The van der Waals surface area contributed by atoms with Gasteiger partial charge in [0.2, 0.25) is 11.8 Å². The largest absolute Gasteiger partial charge is 0.342 e. The van der Waals surface area contributed by atoms with Gasteiger partial charge in [-0.15, -0.1) is 11.8 Å². The van der Waals surface area contributed by atoms with Crippen molar-refractivity contribution in [2.45, 2.75) is 81.4 Å². The Morgan fingerprint density at radius 1 is 1.02 bits per heavy atom. The summed E-state index contributed by atoms with van der Waals surface area (Å²) in [6, 6.07) is 12.3. The van der Waals surface area contributed by atoms with Crippen LogP contribution >= 0.6 is 11.8 Å². The molecule has 4 heterocycles. The molecule has 3 fully saturated rings. The van der Waals surface area contributed by atoms with Crippen LogP contribution in [-0.4, -0.2) is 80.2 Å². The lowest BCUT2D eigenvalue weighted by atomic mass is 9.88. The second kappa shape index (κ2) is 12.5. The number of anilines is 1. The van der Waals surface area contributed by atoms with Crippen molar-refractivity contribution in [1.82, 2.24) is 24.9 Å². The SMILES string of the molecule is Cc1cc2[nH]ncc2cc1C1SC(CC(=O)N2CCC(N3CCc4ccccc4NC3=O)CC2)C(=O)N1CC1CCCCC1. The van der Waals surface area contributed by atoms with Crippen molar-refractivity contribution < 1.29 is 14.4 Å². The van der Waals surface area contributed by atoms with Gasteiger partial charge in [0.05, 0.1) is 17.0 Å².